The van der Waals surface area contributed by atoms with Crippen molar-refractivity contribution < 1.29 is 13.2 Å². The molecule has 0 spiro atoms. The van der Waals surface area contributed by atoms with E-state index in [1.165, 1.54) is 0 Å². The standard InChI is InChI=1S/C14H18N4O3S/c1-22(20,21)16-12-4-7-17(8-5-12)14(19)11-2-3-13-15-6-9-18(13)10-11/h2-3,6,9-10,12,16H,4-5,7-8H2,1H3. The number of piperidine rings is 1. The summed E-state index contributed by atoms with van der Waals surface area (Å²) in [4.78, 5) is 18.4. The largest absolute Gasteiger partial charge is 0.338 e. The maximum absolute atomic E-state index is 12.5. The van der Waals surface area contributed by atoms with E-state index in [1.807, 2.05) is 10.5 Å². The minimum atomic E-state index is -3.20. The van der Waals surface area contributed by atoms with Crippen LogP contribution in [0.4, 0.5) is 0 Å². The summed E-state index contributed by atoms with van der Waals surface area (Å²) in [5, 5.41) is 0. The van der Waals surface area contributed by atoms with E-state index in [9.17, 15) is 13.2 Å². The molecule has 3 rings (SSSR count). The molecule has 8 heteroatoms. The first-order chi connectivity index (χ1) is 10.4. The molecule has 2 aromatic rings. The van der Waals surface area contributed by atoms with Crippen molar-refractivity contribution in [2.24, 2.45) is 0 Å². The zero-order valence-corrected chi connectivity index (χ0v) is 13.1. The summed E-state index contributed by atoms with van der Waals surface area (Å²) < 4.78 is 26.9. The van der Waals surface area contributed by atoms with Gasteiger partial charge >= 0.3 is 0 Å². The number of hydrogen-bond donors (Lipinski definition) is 1. The fourth-order valence-electron chi connectivity index (χ4n) is 2.73. The Morgan fingerprint density at radius 3 is 2.73 bits per heavy atom. The van der Waals surface area contributed by atoms with Crippen LogP contribution in [0, 0.1) is 0 Å². The Balaban J connectivity index is 1.66. The molecule has 2 aromatic heterocycles. The Labute approximate surface area is 129 Å². The van der Waals surface area contributed by atoms with Gasteiger partial charge in [-0.1, -0.05) is 0 Å². The topological polar surface area (TPSA) is 83.8 Å². The predicted molar refractivity (Wildman–Crippen MR) is 82.1 cm³/mol. The lowest BCUT2D eigenvalue weighted by Gasteiger charge is -2.32. The molecule has 0 saturated carbocycles. The zero-order valence-electron chi connectivity index (χ0n) is 12.3. The second-order valence-electron chi connectivity index (χ2n) is 5.57. The van der Waals surface area contributed by atoms with Gasteiger partial charge in [0.1, 0.15) is 5.65 Å². The van der Waals surface area contributed by atoms with Crippen molar-refractivity contribution >= 4 is 21.6 Å². The highest BCUT2D eigenvalue weighted by Crippen LogP contribution is 2.15. The molecule has 1 amide bonds. The molecule has 1 N–H and O–H groups in total. The van der Waals surface area contributed by atoms with Crippen LogP contribution >= 0.6 is 0 Å². The predicted octanol–water partition coefficient (Wildman–Crippen LogP) is 0.488. The maximum Gasteiger partial charge on any atom is 0.255 e. The quantitative estimate of drug-likeness (QED) is 0.891. The summed E-state index contributed by atoms with van der Waals surface area (Å²) in [6, 6.07) is 3.49. The number of nitrogens with one attached hydrogen (secondary N) is 1. The van der Waals surface area contributed by atoms with Gasteiger partial charge in [-0.3, -0.25) is 4.79 Å². The van der Waals surface area contributed by atoms with E-state index in [1.54, 1.807) is 29.6 Å². The molecule has 7 nitrogen and oxygen atoms in total. The van der Waals surface area contributed by atoms with Crippen molar-refractivity contribution in [3.63, 3.8) is 0 Å². The number of amides is 1. The number of rotatable bonds is 3. The van der Waals surface area contributed by atoms with E-state index in [4.69, 9.17) is 0 Å². The van der Waals surface area contributed by atoms with Crippen LogP contribution in [0.2, 0.25) is 0 Å². The van der Waals surface area contributed by atoms with Gasteiger partial charge in [-0.05, 0) is 25.0 Å². The van der Waals surface area contributed by atoms with Crippen molar-refractivity contribution in [1.29, 1.82) is 0 Å². The van der Waals surface area contributed by atoms with E-state index in [-0.39, 0.29) is 11.9 Å². The monoisotopic (exact) mass is 322 g/mol. The fraction of sp³-hybridized carbons (Fsp3) is 0.429. The van der Waals surface area contributed by atoms with Crippen LogP contribution < -0.4 is 4.72 Å². The van der Waals surface area contributed by atoms with Crippen molar-refractivity contribution in [2.75, 3.05) is 19.3 Å². The van der Waals surface area contributed by atoms with Gasteiger partial charge in [0, 0.05) is 37.7 Å². The number of hydrogen-bond acceptors (Lipinski definition) is 4. The normalized spacial score (nSPS) is 17.0. The molecule has 1 fully saturated rings. The molecule has 22 heavy (non-hydrogen) atoms. The molecular formula is C14H18N4O3S. The van der Waals surface area contributed by atoms with Crippen molar-refractivity contribution in [3.8, 4) is 0 Å². The fourth-order valence-corrected chi connectivity index (χ4v) is 3.57. The molecular weight excluding hydrogens is 304 g/mol. The lowest BCUT2D eigenvalue weighted by molar-refractivity contribution is 0.0711. The van der Waals surface area contributed by atoms with Crippen molar-refractivity contribution in [3.05, 3.63) is 36.3 Å². The Bertz CT molecular complexity index is 791. The number of nitrogens with zero attached hydrogens (tertiary/aromatic N) is 3. The van der Waals surface area contributed by atoms with Crippen LogP contribution in [-0.4, -0.2) is 54.0 Å². The first-order valence-electron chi connectivity index (χ1n) is 7.12. The van der Waals surface area contributed by atoms with Crippen molar-refractivity contribution in [1.82, 2.24) is 19.0 Å². The maximum atomic E-state index is 12.5. The highest BCUT2D eigenvalue weighted by atomic mass is 32.2. The molecule has 1 saturated heterocycles. The third kappa shape index (κ3) is 3.28. The van der Waals surface area contributed by atoms with Gasteiger partial charge in [-0.15, -0.1) is 0 Å². The van der Waals surface area contributed by atoms with Gasteiger partial charge in [0.15, 0.2) is 0 Å². The molecule has 0 bridgehead atoms. The number of likely N-dealkylation sites (tertiary alicyclic amines) is 1. The molecule has 0 aliphatic carbocycles. The van der Waals surface area contributed by atoms with E-state index in [2.05, 4.69) is 9.71 Å². The summed E-state index contributed by atoms with van der Waals surface area (Å²) in [5.41, 5.74) is 1.41. The number of fused-ring (bicyclic) bond motifs is 1. The molecule has 0 unspecified atom stereocenters. The summed E-state index contributed by atoms with van der Waals surface area (Å²) in [5.74, 6) is -0.0339. The van der Waals surface area contributed by atoms with Crippen LogP contribution in [0.1, 0.15) is 23.2 Å². The van der Waals surface area contributed by atoms with Gasteiger partial charge in [0.25, 0.3) is 5.91 Å². The third-order valence-electron chi connectivity index (χ3n) is 3.80. The molecule has 1 aliphatic rings. The summed E-state index contributed by atoms with van der Waals surface area (Å²) in [6.07, 6.45) is 7.68. The lowest BCUT2D eigenvalue weighted by Crippen LogP contribution is -2.46. The lowest BCUT2D eigenvalue weighted by atomic mass is 10.1. The van der Waals surface area contributed by atoms with Gasteiger partial charge in [-0.25, -0.2) is 18.1 Å². The highest BCUT2D eigenvalue weighted by Gasteiger charge is 2.25. The second kappa shape index (κ2) is 5.69. The number of carbonyl (C=O) groups excluding carboxylic acids is 1. The van der Waals surface area contributed by atoms with E-state index in [0.29, 0.717) is 31.5 Å². The SMILES string of the molecule is CS(=O)(=O)NC1CCN(C(=O)c2ccc3nccn3c2)CC1. The Kier molecular flexibility index (Phi) is 3.88. The van der Waals surface area contributed by atoms with Crippen LogP contribution in [0.15, 0.2) is 30.7 Å². The van der Waals surface area contributed by atoms with Crippen LogP contribution in [0.25, 0.3) is 5.65 Å². The smallest absolute Gasteiger partial charge is 0.255 e. The molecule has 118 valence electrons. The van der Waals surface area contributed by atoms with Crippen LogP contribution in [0.3, 0.4) is 0 Å². The summed E-state index contributed by atoms with van der Waals surface area (Å²) in [7, 11) is -3.20. The molecule has 0 radical (unpaired) electrons. The molecule has 0 aromatic carbocycles. The van der Waals surface area contributed by atoms with E-state index >= 15 is 0 Å². The number of carbonyl (C=O) groups is 1. The van der Waals surface area contributed by atoms with Gasteiger partial charge in [0.05, 0.1) is 11.8 Å². The Hall–Kier alpha value is -1.93. The second-order valence-corrected chi connectivity index (χ2v) is 7.35. The third-order valence-corrected chi connectivity index (χ3v) is 4.56. The highest BCUT2D eigenvalue weighted by molar-refractivity contribution is 7.88. The summed E-state index contributed by atoms with van der Waals surface area (Å²) in [6.45, 7) is 1.10. The van der Waals surface area contributed by atoms with Gasteiger partial charge in [0.2, 0.25) is 10.0 Å². The molecule has 3 heterocycles. The zero-order chi connectivity index (χ0) is 15.7. The van der Waals surface area contributed by atoms with E-state index in [0.717, 1.165) is 11.9 Å². The Morgan fingerprint density at radius 1 is 1.32 bits per heavy atom. The minimum Gasteiger partial charge on any atom is -0.338 e. The average molecular weight is 322 g/mol. The number of aromatic nitrogens is 2. The minimum absolute atomic E-state index is 0.0339. The first kappa shape index (κ1) is 15.0. The Morgan fingerprint density at radius 2 is 2.05 bits per heavy atom. The van der Waals surface area contributed by atoms with Crippen LogP contribution in [0.5, 0.6) is 0 Å². The summed E-state index contributed by atoms with van der Waals surface area (Å²) >= 11 is 0. The van der Waals surface area contributed by atoms with Gasteiger partial charge < -0.3 is 9.30 Å². The van der Waals surface area contributed by atoms with Crippen LogP contribution in [-0.2, 0) is 10.0 Å². The molecule has 1 aliphatic heterocycles. The number of sulfonamides is 1. The number of pyridine rings is 1. The molecule has 0 atom stereocenters. The van der Waals surface area contributed by atoms with E-state index < -0.39 is 10.0 Å². The average Bonchev–Trinajstić information content (AvgIpc) is 2.93. The van der Waals surface area contributed by atoms with Crippen molar-refractivity contribution in [2.45, 2.75) is 18.9 Å². The van der Waals surface area contributed by atoms with Gasteiger partial charge in [-0.2, -0.15) is 0 Å². The first-order valence-corrected chi connectivity index (χ1v) is 9.01. The number of imidazole rings is 1.